The van der Waals surface area contributed by atoms with Gasteiger partial charge in [0, 0.05) is 19.3 Å². The van der Waals surface area contributed by atoms with E-state index in [2.05, 4.69) is 93.7 Å². The molecule has 1 atom stereocenters. The standard InChI is InChI=1S/C71H126O6/c1-4-7-10-13-16-19-22-25-28-30-31-32-33-34-35-36-37-38-39-41-43-46-49-52-55-58-61-64-70(73)76-67-68(66-75-69(72)63-60-57-54-51-48-45-42-27-24-21-18-15-12-9-6-3)77-71(74)65-62-59-56-53-50-47-44-40-29-26-23-20-17-14-11-8-5-2/h9,12,18,21-22,25,27,30-31,33-34,42,68H,4-8,10-11,13-17,19-20,23-24,26,28-29,32,35-41,43-67H2,1-3H3/b12-9-,21-18-,25-22-,31-30-,34-33-,42-27-. The maximum absolute atomic E-state index is 12.9. The molecule has 6 nitrogen and oxygen atoms in total. The Bertz CT molecular complexity index is 1420. The molecule has 0 aliphatic carbocycles. The summed E-state index contributed by atoms with van der Waals surface area (Å²) in [6.07, 6.45) is 84.9. The van der Waals surface area contributed by atoms with Gasteiger partial charge < -0.3 is 14.2 Å². The summed E-state index contributed by atoms with van der Waals surface area (Å²) in [5.74, 6) is -0.879. The molecule has 0 heterocycles. The molecule has 0 radical (unpaired) electrons. The Morgan fingerprint density at radius 2 is 0.506 bits per heavy atom. The molecule has 0 aromatic rings. The molecule has 0 saturated carbocycles. The fourth-order valence-corrected chi connectivity index (χ4v) is 9.70. The summed E-state index contributed by atoms with van der Waals surface area (Å²) in [6, 6.07) is 0. The molecule has 0 bridgehead atoms. The van der Waals surface area contributed by atoms with Crippen LogP contribution in [-0.4, -0.2) is 37.2 Å². The highest BCUT2D eigenvalue weighted by atomic mass is 16.6. The van der Waals surface area contributed by atoms with Crippen LogP contribution in [0.3, 0.4) is 0 Å². The van der Waals surface area contributed by atoms with Gasteiger partial charge in [0.25, 0.3) is 0 Å². The van der Waals surface area contributed by atoms with Crippen LogP contribution in [0.2, 0.25) is 0 Å². The zero-order valence-corrected chi connectivity index (χ0v) is 51.2. The molecule has 0 N–H and O–H groups in total. The van der Waals surface area contributed by atoms with E-state index in [1.54, 1.807) is 0 Å². The average Bonchev–Trinajstić information content (AvgIpc) is 3.43. The van der Waals surface area contributed by atoms with Crippen molar-refractivity contribution in [2.45, 2.75) is 348 Å². The van der Waals surface area contributed by atoms with Gasteiger partial charge in [-0.1, -0.05) is 306 Å². The Balaban J connectivity index is 4.29. The summed E-state index contributed by atoms with van der Waals surface area (Å²) in [6.45, 7) is 6.55. The van der Waals surface area contributed by atoms with Crippen molar-refractivity contribution in [3.63, 3.8) is 0 Å². The number of ether oxygens (including phenoxy) is 3. The molecule has 1 unspecified atom stereocenters. The quantitative estimate of drug-likeness (QED) is 0.0261. The van der Waals surface area contributed by atoms with Gasteiger partial charge in [-0.05, 0) is 89.9 Å². The highest BCUT2D eigenvalue weighted by molar-refractivity contribution is 5.71. The number of unbranched alkanes of at least 4 members (excludes halogenated alkanes) is 38. The summed E-state index contributed by atoms with van der Waals surface area (Å²) in [5.41, 5.74) is 0. The summed E-state index contributed by atoms with van der Waals surface area (Å²) in [5, 5.41) is 0. The molecule has 0 amide bonds. The van der Waals surface area contributed by atoms with E-state index in [4.69, 9.17) is 14.2 Å². The molecule has 0 aromatic heterocycles. The number of carbonyl (C=O) groups excluding carboxylic acids is 3. The Hall–Kier alpha value is -3.15. The van der Waals surface area contributed by atoms with E-state index < -0.39 is 6.10 Å². The van der Waals surface area contributed by atoms with Crippen LogP contribution in [0.1, 0.15) is 342 Å². The van der Waals surface area contributed by atoms with E-state index in [9.17, 15) is 14.4 Å². The third-order valence-corrected chi connectivity index (χ3v) is 14.7. The largest absolute Gasteiger partial charge is 0.462 e. The lowest BCUT2D eigenvalue weighted by Gasteiger charge is -2.18. The minimum Gasteiger partial charge on any atom is -0.462 e. The second-order valence-corrected chi connectivity index (χ2v) is 22.4. The maximum atomic E-state index is 12.9. The number of rotatable bonds is 61. The molecule has 0 fully saturated rings. The fourth-order valence-electron chi connectivity index (χ4n) is 9.70. The first-order valence-corrected chi connectivity index (χ1v) is 33.4. The molecule has 0 aliphatic heterocycles. The number of hydrogen-bond acceptors (Lipinski definition) is 6. The van der Waals surface area contributed by atoms with E-state index in [1.165, 1.54) is 193 Å². The van der Waals surface area contributed by atoms with Gasteiger partial charge in [-0.25, -0.2) is 0 Å². The lowest BCUT2D eigenvalue weighted by atomic mass is 10.0. The van der Waals surface area contributed by atoms with Gasteiger partial charge >= 0.3 is 17.9 Å². The van der Waals surface area contributed by atoms with Crippen LogP contribution in [0.25, 0.3) is 0 Å². The molecule has 0 aromatic carbocycles. The minimum absolute atomic E-state index is 0.0787. The Morgan fingerprint density at radius 1 is 0.273 bits per heavy atom. The van der Waals surface area contributed by atoms with E-state index in [-0.39, 0.29) is 31.1 Å². The van der Waals surface area contributed by atoms with Gasteiger partial charge in [-0.3, -0.25) is 14.4 Å². The third-order valence-electron chi connectivity index (χ3n) is 14.7. The van der Waals surface area contributed by atoms with Crippen LogP contribution >= 0.6 is 0 Å². The predicted molar refractivity (Wildman–Crippen MR) is 335 cm³/mol. The minimum atomic E-state index is -0.783. The van der Waals surface area contributed by atoms with Gasteiger partial charge in [0.15, 0.2) is 6.10 Å². The first-order chi connectivity index (χ1) is 38.0. The molecular weight excluding hydrogens is 949 g/mol. The SMILES string of the molecule is CC/C=C\C/C=C\C/C=C\CCCCCCCC(=O)OCC(COC(=O)CCCCCCCCCCCCCC/C=C\C/C=C\C/C=C\CCCCCCC)OC(=O)CCCCCCCCCCCCCCCCCCC. The van der Waals surface area contributed by atoms with Crippen molar-refractivity contribution in [1.29, 1.82) is 0 Å². The Kier molecular flexibility index (Phi) is 62.7. The first kappa shape index (κ1) is 73.8. The molecular formula is C71H126O6. The van der Waals surface area contributed by atoms with Gasteiger partial charge in [0.2, 0.25) is 0 Å². The van der Waals surface area contributed by atoms with Crippen LogP contribution in [-0.2, 0) is 28.6 Å². The molecule has 77 heavy (non-hydrogen) atoms. The maximum Gasteiger partial charge on any atom is 0.306 e. The zero-order valence-electron chi connectivity index (χ0n) is 51.2. The first-order valence-electron chi connectivity index (χ1n) is 33.4. The fraction of sp³-hybridized carbons (Fsp3) is 0.789. The lowest BCUT2D eigenvalue weighted by Crippen LogP contribution is -2.30. The van der Waals surface area contributed by atoms with Crippen molar-refractivity contribution in [2.75, 3.05) is 13.2 Å². The Labute approximate surface area is 478 Å². The van der Waals surface area contributed by atoms with E-state index in [0.29, 0.717) is 19.3 Å². The van der Waals surface area contributed by atoms with Gasteiger partial charge in [0.05, 0.1) is 0 Å². The monoisotopic (exact) mass is 1070 g/mol. The highest BCUT2D eigenvalue weighted by Crippen LogP contribution is 2.17. The number of carbonyl (C=O) groups is 3. The third kappa shape index (κ3) is 63.6. The van der Waals surface area contributed by atoms with Crippen LogP contribution in [0.4, 0.5) is 0 Å². The summed E-state index contributed by atoms with van der Waals surface area (Å²) in [7, 11) is 0. The second-order valence-electron chi connectivity index (χ2n) is 22.4. The van der Waals surface area contributed by atoms with E-state index in [0.717, 1.165) is 109 Å². The summed E-state index contributed by atoms with van der Waals surface area (Å²) >= 11 is 0. The van der Waals surface area contributed by atoms with Crippen molar-refractivity contribution in [3.8, 4) is 0 Å². The summed E-state index contributed by atoms with van der Waals surface area (Å²) < 4.78 is 16.9. The molecule has 0 rings (SSSR count). The van der Waals surface area contributed by atoms with E-state index >= 15 is 0 Å². The van der Waals surface area contributed by atoms with Gasteiger partial charge in [-0.2, -0.15) is 0 Å². The smallest absolute Gasteiger partial charge is 0.306 e. The second kappa shape index (κ2) is 65.4. The molecule has 0 saturated heterocycles. The molecule has 446 valence electrons. The van der Waals surface area contributed by atoms with Gasteiger partial charge in [-0.15, -0.1) is 0 Å². The normalized spacial score (nSPS) is 12.5. The van der Waals surface area contributed by atoms with E-state index in [1.807, 2.05) is 0 Å². The van der Waals surface area contributed by atoms with Crippen molar-refractivity contribution >= 4 is 17.9 Å². The number of hydrogen-bond donors (Lipinski definition) is 0. The highest BCUT2D eigenvalue weighted by Gasteiger charge is 2.19. The zero-order chi connectivity index (χ0) is 55.7. The summed E-state index contributed by atoms with van der Waals surface area (Å²) in [4.78, 5) is 38.4. The lowest BCUT2D eigenvalue weighted by molar-refractivity contribution is -0.167. The molecule has 0 spiro atoms. The van der Waals surface area contributed by atoms with Crippen LogP contribution in [0.5, 0.6) is 0 Å². The molecule has 0 aliphatic rings. The predicted octanol–water partition coefficient (Wildman–Crippen LogP) is 22.9. The van der Waals surface area contributed by atoms with Crippen molar-refractivity contribution < 1.29 is 28.6 Å². The van der Waals surface area contributed by atoms with Crippen molar-refractivity contribution in [1.82, 2.24) is 0 Å². The topological polar surface area (TPSA) is 78.9 Å². The van der Waals surface area contributed by atoms with Gasteiger partial charge in [0.1, 0.15) is 13.2 Å². The van der Waals surface area contributed by atoms with Crippen molar-refractivity contribution in [3.05, 3.63) is 72.9 Å². The number of allylic oxidation sites excluding steroid dienone is 12. The molecule has 6 heteroatoms. The van der Waals surface area contributed by atoms with Crippen LogP contribution in [0, 0.1) is 0 Å². The van der Waals surface area contributed by atoms with Crippen LogP contribution < -0.4 is 0 Å². The van der Waals surface area contributed by atoms with Crippen LogP contribution in [0.15, 0.2) is 72.9 Å². The number of esters is 3. The Morgan fingerprint density at radius 3 is 0.792 bits per heavy atom. The average molecular weight is 1080 g/mol. The van der Waals surface area contributed by atoms with Crippen molar-refractivity contribution in [2.24, 2.45) is 0 Å².